The van der Waals surface area contributed by atoms with E-state index in [0.717, 1.165) is 0 Å². The number of methoxy groups -OCH3 is 1. The maximum Gasteiger partial charge on any atom is 0.307 e. The number of ether oxygens (including phenoxy) is 3. The van der Waals surface area contributed by atoms with E-state index in [-0.39, 0.29) is 24.7 Å². The van der Waals surface area contributed by atoms with Gasteiger partial charge in [0.1, 0.15) is 0 Å². The number of nitrogens with one attached hydrogen (secondary N) is 1. The van der Waals surface area contributed by atoms with Gasteiger partial charge in [0.2, 0.25) is 0 Å². The first-order valence-electron chi connectivity index (χ1n) is 4.85. The molecule has 1 heterocycles. The fourth-order valence-electron chi connectivity index (χ4n) is 1.06. The van der Waals surface area contributed by atoms with Crippen molar-refractivity contribution in [2.24, 2.45) is 0 Å². The van der Waals surface area contributed by atoms with Crippen LogP contribution in [0.3, 0.4) is 0 Å². The first-order chi connectivity index (χ1) is 6.71. The van der Waals surface area contributed by atoms with Gasteiger partial charge in [-0.1, -0.05) is 13.8 Å². The van der Waals surface area contributed by atoms with E-state index >= 15 is 0 Å². The fourth-order valence-corrected chi connectivity index (χ4v) is 1.06. The molecule has 0 amide bonds. The second-order valence-electron chi connectivity index (χ2n) is 3.07. The van der Waals surface area contributed by atoms with E-state index in [1.807, 2.05) is 6.92 Å². The van der Waals surface area contributed by atoms with Gasteiger partial charge in [-0.3, -0.25) is 10.1 Å². The van der Waals surface area contributed by atoms with Gasteiger partial charge in [0.15, 0.2) is 18.7 Å². The summed E-state index contributed by atoms with van der Waals surface area (Å²) in [6.07, 6.45) is 0.464. The molecule has 0 aliphatic carbocycles. The normalized spacial score (nSPS) is 27.1. The molecule has 1 N–H and O–H groups in total. The summed E-state index contributed by atoms with van der Waals surface area (Å²) in [5.41, 5.74) is 0. The van der Waals surface area contributed by atoms with E-state index in [1.165, 1.54) is 0 Å². The van der Waals surface area contributed by atoms with Crippen LogP contribution in [0.2, 0.25) is 0 Å². The minimum absolute atomic E-state index is 0.144. The van der Waals surface area contributed by atoms with Gasteiger partial charge in [0, 0.05) is 13.5 Å². The molecule has 0 radical (unpaired) electrons. The highest BCUT2D eigenvalue weighted by atomic mass is 16.8. The van der Waals surface area contributed by atoms with Gasteiger partial charge in [-0.05, 0) is 6.42 Å². The molecule has 1 aliphatic heterocycles. The molecule has 0 saturated carbocycles. The average Bonchev–Trinajstić information content (AvgIpc) is 2.95. The third kappa shape index (κ3) is 3.25. The number of esters is 1. The van der Waals surface area contributed by atoms with Crippen molar-refractivity contribution in [3.63, 3.8) is 0 Å². The standard InChI is InChI=1S/C9H17NO4/c1-4-6(13-7(11)5-2)10-8-9(12-3)14-8/h6,8-10H,4-5H2,1-3H3. The summed E-state index contributed by atoms with van der Waals surface area (Å²) in [4.78, 5) is 11.0. The number of hydrogen-bond donors (Lipinski definition) is 1. The Bertz CT molecular complexity index is 197. The highest BCUT2D eigenvalue weighted by Crippen LogP contribution is 2.20. The smallest absolute Gasteiger partial charge is 0.307 e. The van der Waals surface area contributed by atoms with Crippen molar-refractivity contribution in [3.8, 4) is 0 Å². The monoisotopic (exact) mass is 203 g/mol. The predicted molar refractivity (Wildman–Crippen MR) is 49.3 cm³/mol. The Morgan fingerprint density at radius 3 is 2.71 bits per heavy atom. The van der Waals surface area contributed by atoms with Crippen molar-refractivity contribution in [3.05, 3.63) is 0 Å². The van der Waals surface area contributed by atoms with Crippen LogP contribution in [0.25, 0.3) is 0 Å². The number of hydrogen-bond acceptors (Lipinski definition) is 5. The highest BCUT2D eigenvalue weighted by Gasteiger charge is 2.40. The number of carbonyl (C=O) groups excluding carboxylic acids is 1. The zero-order valence-electron chi connectivity index (χ0n) is 8.78. The van der Waals surface area contributed by atoms with E-state index in [2.05, 4.69) is 5.32 Å². The molecule has 1 rings (SSSR count). The van der Waals surface area contributed by atoms with Gasteiger partial charge >= 0.3 is 5.97 Å². The summed E-state index contributed by atoms with van der Waals surface area (Å²) >= 11 is 0. The van der Waals surface area contributed by atoms with Crippen LogP contribution in [0, 0.1) is 0 Å². The summed E-state index contributed by atoms with van der Waals surface area (Å²) in [6.45, 7) is 3.70. The zero-order chi connectivity index (χ0) is 10.6. The van der Waals surface area contributed by atoms with Crippen LogP contribution in [-0.2, 0) is 19.0 Å². The number of carbonyl (C=O) groups is 1. The molecule has 5 heteroatoms. The van der Waals surface area contributed by atoms with Crippen LogP contribution in [0.1, 0.15) is 26.7 Å². The van der Waals surface area contributed by atoms with E-state index in [9.17, 15) is 4.79 Å². The van der Waals surface area contributed by atoms with Crippen molar-refractivity contribution in [2.45, 2.75) is 45.4 Å². The molecular formula is C9H17NO4. The van der Waals surface area contributed by atoms with Crippen LogP contribution in [0.15, 0.2) is 0 Å². The third-order valence-electron chi connectivity index (χ3n) is 1.97. The molecule has 3 atom stereocenters. The van der Waals surface area contributed by atoms with Gasteiger partial charge in [0.25, 0.3) is 0 Å². The van der Waals surface area contributed by atoms with Gasteiger partial charge < -0.3 is 14.2 Å². The Labute approximate surface area is 83.7 Å². The Hall–Kier alpha value is -0.650. The summed E-state index contributed by atoms with van der Waals surface area (Å²) in [5.74, 6) is -0.209. The molecule has 1 saturated heterocycles. The molecule has 0 aromatic rings. The minimum Gasteiger partial charge on any atom is -0.446 e. The Balaban J connectivity index is 2.22. The van der Waals surface area contributed by atoms with E-state index in [0.29, 0.717) is 12.8 Å². The Morgan fingerprint density at radius 1 is 1.57 bits per heavy atom. The topological polar surface area (TPSA) is 60.1 Å². The fraction of sp³-hybridized carbons (Fsp3) is 0.889. The van der Waals surface area contributed by atoms with E-state index < -0.39 is 0 Å². The van der Waals surface area contributed by atoms with Crippen LogP contribution in [0.4, 0.5) is 0 Å². The predicted octanol–water partition coefficient (Wildman–Crippen LogP) is 0.594. The van der Waals surface area contributed by atoms with Crippen molar-refractivity contribution < 1.29 is 19.0 Å². The highest BCUT2D eigenvalue weighted by molar-refractivity contribution is 5.69. The van der Waals surface area contributed by atoms with Crippen LogP contribution >= 0.6 is 0 Å². The summed E-state index contributed by atoms with van der Waals surface area (Å²) in [6, 6.07) is 0. The molecule has 0 aromatic heterocycles. The molecule has 1 fully saturated rings. The molecule has 5 nitrogen and oxygen atoms in total. The Morgan fingerprint density at radius 2 is 2.29 bits per heavy atom. The lowest BCUT2D eigenvalue weighted by Crippen LogP contribution is -2.36. The third-order valence-corrected chi connectivity index (χ3v) is 1.97. The maximum absolute atomic E-state index is 11.0. The molecule has 1 aliphatic rings. The second-order valence-corrected chi connectivity index (χ2v) is 3.07. The lowest BCUT2D eigenvalue weighted by molar-refractivity contribution is -0.150. The molecule has 0 spiro atoms. The van der Waals surface area contributed by atoms with Crippen molar-refractivity contribution in [2.75, 3.05) is 7.11 Å². The second kappa shape index (κ2) is 5.29. The van der Waals surface area contributed by atoms with Crippen molar-refractivity contribution >= 4 is 5.97 Å². The SMILES string of the molecule is CCC(=O)OC(CC)NC1OC1OC. The lowest BCUT2D eigenvalue weighted by Gasteiger charge is -2.15. The van der Waals surface area contributed by atoms with Gasteiger partial charge in [-0.2, -0.15) is 0 Å². The first-order valence-corrected chi connectivity index (χ1v) is 4.85. The minimum atomic E-state index is -0.285. The summed E-state index contributed by atoms with van der Waals surface area (Å²) in [5, 5.41) is 3.02. The maximum atomic E-state index is 11.0. The lowest BCUT2D eigenvalue weighted by atomic mass is 10.4. The van der Waals surface area contributed by atoms with Crippen LogP contribution < -0.4 is 5.32 Å². The molecular weight excluding hydrogens is 186 g/mol. The quantitative estimate of drug-likeness (QED) is 0.389. The molecule has 82 valence electrons. The number of rotatable bonds is 6. The number of epoxide rings is 1. The average molecular weight is 203 g/mol. The van der Waals surface area contributed by atoms with Crippen molar-refractivity contribution in [1.82, 2.24) is 5.32 Å². The Kier molecular flexibility index (Phi) is 4.31. The molecule has 0 aromatic carbocycles. The van der Waals surface area contributed by atoms with Crippen LogP contribution in [0.5, 0.6) is 0 Å². The van der Waals surface area contributed by atoms with Gasteiger partial charge in [0.05, 0.1) is 0 Å². The zero-order valence-corrected chi connectivity index (χ0v) is 8.78. The van der Waals surface area contributed by atoms with E-state index in [4.69, 9.17) is 14.2 Å². The largest absolute Gasteiger partial charge is 0.446 e. The first kappa shape index (κ1) is 11.4. The molecule has 14 heavy (non-hydrogen) atoms. The van der Waals surface area contributed by atoms with Crippen LogP contribution in [-0.4, -0.2) is 31.8 Å². The van der Waals surface area contributed by atoms with E-state index in [1.54, 1.807) is 14.0 Å². The van der Waals surface area contributed by atoms with Gasteiger partial charge in [-0.15, -0.1) is 0 Å². The molecule has 0 bridgehead atoms. The summed E-state index contributed by atoms with van der Waals surface area (Å²) in [7, 11) is 1.57. The summed E-state index contributed by atoms with van der Waals surface area (Å²) < 4.78 is 15.1. The molecule has 3 unspecified atom stereocenters. The van der Waals surface area contributed by atoms with Crippen molar-refractivity contribution in [1.29, 1.82) is 0 Å². The van der Waals surface area contributed by atoms with Gasteiger partial charge in [-0.25, -0.2) is 0 Å².